The van der Waals surface area contributed by atoms with E-state index in [2.05, 4.69) is 10.6 Å². The minimum absolute atomic E-state index is 0.109. The van der Waals surface area contributed by atoms with Crippen LogP contribution in [0.25, 0.3) is 0 Å². The van der Waals surface area contributed by atoms with Crippen molar-refractivity contribution in [2.24, 2.45) is 0 Å². The van der Waals surface area contributed by atoms with Gasteiger partial charge in [-0.05, 0) is 54.2 Å². The molecule has 1 unspecified atom stereocenters. The average molecular weight is 519 g/mol. The van der Waals surface area contributed by atoms with Crippen LogP contribution in [-0.4, -0.2) is 87.4 Å². The lowest BCUT2D eigenvalue weighted by Crippen LogP contribution is -2.59. The van der Waals surface area contributed by atoms with Gasteiger partial charge in [-0.1, -0.05) is 24.3 Å². The summed E-state index contributed by atoms with van der Waals surface area (Å²) in [5.74, 6) is 0.109. The van der Waals surface area contributed by atoms with E-state index in [9.17, 15) is 35.4 Å². The molecule has 1 aliphatic heterocycles. The molecule has 0 saturated carbocycles. The van der Waals surface area contributed by atoms with Crippen molar-refractivity contribution >= 4 is 6.03 Å². The first-order valence-electron chi connectivity index (χ1n) is 12.5. The number of nitrogens with one attached hydrogen (secondary N) is 2. The quantitative estimate of drug-likeness (QED) is 0.211. The van der Waals surface area contributed by atoms with Gasteiger partial charge < -0.3 is 46.0 Å². The summed E-state index contributed by atoms with van der Waals surface area (Å²) >= 11 is 0. The van der Waals surface area contributed by atoms with Crippen LogP contribution in [0.4, 0.5) is 4.79 Å². The van der Waals surface area contributed by atoms with Gasteiger partial charge in [-0.3, -0.25) is 0 Å². The highest BCUT2D eigenvalue weighted by Crippen LogP contribution is 2.37. The number of ether oxygens (including phenoxy) is 1. The van der Waals surface area contributed by atoms with Gasteiger partial charge >= 0.3 is 6.03 Å². The van der Waals surface area contributed by atoms with Crippen LogP contribution in [0.2, 0.25) is 0 Å². The number of benzene rings is 2. The molecule has 1 saturated heterocycles. The number of urea groups is 1. The van der Waals surface area contributed by atoms with Gasteiger partial charge in [0, 0.05) is 24.9 Å². The first-order valence-corrected chi connectivity index (χ1v) is 12.5. The number of phenols is 1. The number of aromatic hydroxyl groups is 1. The van der Waals surface area contributed by atoms with E-state index in [1.165, 1.54) is 0 Å². The molecule has 0 aromatic heterocycles. The molecule has 0 spiro atoms. The first kappa shape index (κ1) is 28.8. The van der Waals surface area contributed by atoms with E-state index in [1.807, 2.05) is 37.3 Å². The van der Waals surface area contributed by atoms with Gasteiger partial charge in [-0.25, -0.2) is 4.79 Å². The summed E-state index contributed by atoms with van der Waals surface area (Å²) in [6, 6.07) is 11.0. The van der Waals surface area contributed by atoms with Crippen LogP contribution in [0.1, 0.15) is 46.8 Å². The number of aliphatic hydroxyl groups is 5. The molecular weight excluding hydrogens is 480 g/mol. The van der Waals surface area contributed by atoms with Crippen molar-refractivity contribution in [3.63, 3.8) is 0 Å². The first-order chi connectivity index (χ1) is 17.7. The van der Waals surface area contributed by atoms with Crippen LogP contribution in [0.5, 0.6) is 5.75 Å². The number of amides is 2. The summed E-state index contributed by atoms with van der Waals surface area (Å²) < 4.78 is 5.89. The molecule has 0 aliphatic carbocycles. The molecule has 2 aromatic carbocycles. The topological polar surface area (TPSA) is 172 Å². The third-order valence-electron chi connectivity index (χ3n) is 6.82. The second kappa shape index (κ2) is 13.2. The van der Waals surface area contributed by atoms with Crippen molar-refractivity contribution in [2.45, 2.75) is 56.5 Å². The number of carbonyl (C=O) groups is 1. The Labute approximate surface area is 216 Å². The van der Waals surface area contributed by atoms with Crippen LogP contribution in [0.15, 0.2) is 36.4 Å². The summed E-state index contributed by atoms with van der Waals surface area (Å²) in [6.07, 6.45) is 0.354. The number of aryl methyl sites for hydroxylation is 1. The van der Waals surface area contributed by atoms with Crippen LogP contribution in [0, 0.1) is 6.92 Å². The molecule has 3 atom stereocenters. The van der Waals surface area contributed by atoms with Crippen LogP contribution in [-0.2, 0) is 17.6 Å². The fourth-order valence-corrected chi connectivity index (χ4v) is 4.43. The molecule has 0 bridgehead atoms. The Kier molecular flexibility index (Phi) is 10.3. The van der Waals surface area contributed by atoms with Crippen molar-refractivity contribution in [1.82, 2.24) is 10.6 Å². The van der Waals surface area contributed by atoms with Crippen molar-refractivity contribution in [3.8, 4) is 5.75 Å². The molecule has 1 fully saturated rings. The highest BCUT2D eigenvalue weighted by molar-refractivity contribution is 5.74. The monoisotopic (exact) mass is 518 g/mol. The fourth-order valence-electron chi connectivity index (χ4n) is 4.43. The van der Waals surface area contributed by atoms with Gasteiger partial charge in [0.05, 0.1) is 44.7 Å². The Morgan fingerprint density at radius 1 is 1.03 bits per heavy atom. The van der Waals surface area contributed by atoms with Gasteiger partial charge in [0.1, 0.15) is 11.3 Å². The summed E-state index contributed by atoms with van der Waals surface area (Å²) in [6.45, 7) is 0.303. The normalized spacial score (nSPS) is 20.0. The zero-order valence-corrected chi connectivity index (χ0v) is 21.1. The molecule has 2 amide bonds. The molecule has 0 radical (unpaired) electrons. The second-order valence-corrected chi connectivity index (χ2v) is 9.77. The predicted molar refractivity (Wildman–Crippen MR) is 136 cm³/mol. The van der Waals surface area contributed by atoms with Crippen molar-refractivity contribution in [2.75, 3.05) is 33.0 Å². The molecule has 37 heavy (non-hydrogen) atoms. The SMILES string of the molecule is Cc1cc(O)c(C2C[C@@H](O)C[C@@H](CO)O2)cc1Cc1ccc(CCNC(=O)NC(CO)(CO)CO)cc1. The smallest absolute Gasteiger partial charge is 0.315 e. The summed E-state index contributed by atoms with van der Waals surface area (Å²) in [5.41, 5.74) is 3.15. The Morgan fingerprint density at radius 2 is 1.68 bits per heavy atom. The highest BCUT2D eigenvalue weighted by atomic mass is 16.5. The minimum atomic E-state index is -1.47. The summed E-state index contributed by atoms with van der Waals surface area (Å²) in [7, 11) is 0. The van der Waals surface area contributed by atoms with E-state index in [-0.39, 0.29) is 12.4 Å². The molecule has 2 aromatic rings. The number of carbonyl (C=O) groups excluding carboxylic acids is 1. The Hall–Kier alpha value is -2.73. The van der Waals surface area contributed by atoms with Gasteiger partial charge in [0.2, 0.25) is 0 Å². The van der Waals surface area contributed by atoms with E-state index >= 15 is 0 Å². The number of hydrogen-bond donors (Lipinski definition) is 8. The van der Waals surface area contributed by atoms with Crippen molar-refractivity contribution in [1.29, 1.82) is 0 Å². The zero-order valence-electron chi connectivity index (χ0n) is 21.1. The lowest BCUT2D eigenvalue weighted by atomic mass is 9.91. The Morgan fingerprint density at radius 3 is 2.30 bits per heavy atom. The molecule has 1 aliphatic rings. The third kappa shape index (κ3) is 7.64. The van der Waals surface area contributed by atoms with E-state index in [0.29, 0.717) is 37.8 Å². The predicted octanol–water partition coefficient (Wildman–Crippen LogP) is 0.422. The molecule has 204 valence electrons. The van der Waals surface area contributed by atoms with Gasteiger partial charge in [-0.15, -0.1) is 0 Å². The van der Waals surface area contributed by atoms with Gasteiger partial charge in [0.15, 0.2) is 0 Å². The van der Waals surface area contributed by atoms with Gasteiger partial charge in [-0.2, -0.15) is 0 Å². The number of aliphatic hydroxyl groups excluding tert-OH is 5. The van der Waals surface area contributed by atoms with E-state index in [1.54, 1.807) is 6.07 Å². The Bertz CT molecular complexity index is 1020. The molecule has 3 rings (SSSR count). The standard InChI is InChI=1S/C27H38N2O8/c1-17-8-24(35)23(25-12-21(34)11-22(13-30)37-25)10-20(17)9-19-4-2-18(3-5-19)6-7-28-26(36)29-27(14-31,15-32)16-33/h2-5,8,10,21-22,25,30-35H,6-7,9,11-16H2,1H3,(H2,28,29,36)/t21-,22-,25?/m0/s1. The van der Waals surface area contributed by atoms with Crippen molar-refractivity contribution < 1.29 is 40.2 Å². The lowest BCUT2D eigenvalue weighted by Gasteiger charge is -2.33. The zero-order chi connectivity index (χ0) is 27.0. The number of phenolic OH excluding ortho intramolecular Hbond substituents is 1. The maximum absolute atomic E-state index is 12.0. The highest BCUT2D eigenvalue weighted by Gasteiger charge is 2.31. The maximum atomic E-state index is 12.0. The van der Waals surface area contributed by atoms with E-state index < -0.39 is 49.7 Å². The fraction of sp³-hybridized carbons (Fsp3) is 0.519. The van der Waals surface area contributed by atoms with Crippen LogP contribution >= 0.6 is 0 Å². The minimum Gasteiger partial charge on any atom is -0.508 e. The molecule has 10 nitrogen and oxygen atoms in total. The largest absolute Gasteiger partial charge is 0.508 e. The maximum Gasteiger partial charge on any atom is 0.315 e. The molecule has 10 heteroatoms. The Balaban J connectivity index is 1.59. The summed E-state index contributed by atoms with van der Waals surface area (Å²) in [5, 5.41) is 63.1. The lowest BCUT2D eigenvalue weighted by molar-refractivity contribution is -0.114. The van der Waals surface area contributed by atoms with Crippen LogP contribution in [0.3, 0.4) is 0 Å². The van der Waals surface area contributed by atoms with E-state index in [4.69, 9.17) is 4.74 Å². The van der Waals surface area contributed by atoms with Crippen molar-refractivity contribution in [3.05, 3.63) is 64.2 Å². The molecule has 8 N–H and O–H groups in total. The van der Waals surface area contributed by atoms with E-state index in [0.717, 1.165) is 22.3 Å². The summed E-state index contributed by atoms with van der Waals surface area (Å²) in [4.78, 5) is 12.0. The molecular formula is C27H38N2O8. The second-order valence-electron chi connectivity index (χ2n) is 9.77. The average Bonchev–Trinajstić information content (AvgIpc) is 2.89. The number of rotatable bonds is 11. The van der Waals surface area contributed by atoms with Crippen LogP contribution < -0.4 is 10.6 Å². The number of hydrogen-bond acceptors (Lipinski definition) is 8. The molecule has 1 heterocycles. The third-order valence-corrected chi connectivity index (χ3v) is 6.82. The van der Waals surface area contributed by atoms with Gasteiger partial charge in [0.25, 0.3) is 0 Å².